The Bertz CT molecular complexity index is 434. The van der Waals surface area contributed by atoms with Gasteiger partial charge in [-0.05, 0) is 19.1 Å². The second-order valence-corrected chi connectivity index (χ2v) is 2.86. The molecule has 0 aromatic carbocycles. The van der Waals surface area contributed by atoms with Crippen LogP contribution in [0, 0.1) is 6.92 Å². The molecule has 0 radical (unpaired) electrons. The molecule has 0 saturated carbocycles. The van der Waals surface area contributed by atoms with Crippen molar-refractivity contribution in [3.63, 3.8) is 0 Å². The van der Waals surface area contributed by atoms with Crippen LogP contribution in [-0.2, 0) is 0 Å². The van der Waals surface area contributed by atoms with Crippen LogP contribution in [0.25, 0.3) is 5.65 Å². The molecule has 0 aliphatic rings. The molecule has 0 atom stereocenters. The van der Waals surface area contributed by atoms with Crippen LogP contribution >= 0.6 is 0 Å². The molecule has 4 heteroatoms. The first-order valence-corrected chi connectivity index (χ1v) is 3.91. The summed E-state index contributed by atoms with van der Waals surface area (Å²) in [5.41, 5.74) is 1.29. The number of pyridine rings is 1. The average molecular weight is 182 g/mol. The van der Waals surface area contributed by atoms with Gasteiger partial charge in [-0.2, -0.15) is 0 Å². The molecular formula is C9H8F2N2. The fourth-order valence-electron chi connectivity index (χ4n) is 1.27. The molecule has 68 valence electrons. The Morgan fingerprint density at radius 1 is 1.38 bits per heavy atom. The molecule has 0 spiro atoms. The van der Waals surface area contributed by atoms with Gasteiger partial charge in [0.15, 0.2) is 0 Å². The first-order valence-electron chi connectivity index (χ1n) is 3.91. The van der Waals surface area contributed by atoms with E-state index >= 15 is 0 Å². The van der Waals surface area contributed by atoms with Crippen LogP contribution in [0.1, 0.15) is 17.8 Å². The molecule has 0 aliphatic heterocycles. The van der Waals surface area contributed by atoms with E-state index in [1.165, 1.54) is 6.20 Å². The van der Waals surface area contributed by atoms with Crippen LogP contribution in [0.2, 0.25) is 0 Å². The number of rotatable bonds is 1. The van der Waals surface area contributed by atoms with Crippen molar-refractivity contribution in [2.24, 2.45) is 0 Å². The summed E-state index contributed by atoms with van der Waals surface area (Å²) in [4.78, 5) is 3.79. The van der Waals surface area contributed by atoms with Gasteiger partial charge in [0.25, 0.3) is 6.43 Å². The van der Waals surface area contributed by atoms with Crippen LogP contribution in [-0.4, -0.2) is 9.38 Å². The minimum atomic E-state index is -2.50. The molecular weight excluding hydrogens is 174 g/mol. The Hall–Kier alpha value is -1.45. The molecule has 0 fully saturated rings. The topological polar surface area (TPSA) is 17.3 Å². The van der Waals surface area contributed by atoms with Crippen LogP contribution in [0.4, 0.5) is 8.78 Å². The van der Waals surface area contributed by atoms with Crippen molar-refractivity contribution in [1.82, 2.24) is 9.38 Å². The van der Waals surface area contributed by atoms with E-state index < -0.39 is 6.43 Å². The Morgan fingerprint density at radius 2 is 2.15 bits per heavy atom. The van der Waals surface area contributed by atoms with Crippen molar-refractivity contribution in [2.75, 3.05) is 0 Å². The van der Waals surface area contributed by atoms with Gasteiger partial charge < -0.3 is 4.40 Å². The van der Waals surface area contributed by atoms with E-state index in [-0.39, 0.29) is 5.69 Å². The van der Waals surface area contributed by atoms with E-state index in [1.807, 2.05) is 13.0 Å². The fourth-order valence-corrected chi connectivity index (χ4v) is 1.27. The van der Waals surface area contributed by atoms with Gasteiger partial charge in [-0.25, -0.2) is 13.8 Å². The Balaban J connectivity index is 2.68. The summed E-state index contributed by atoms with van der Waals surface area (Å²) in [7, 11) is 0. The lowest BCUT2D eigenvalue weighted by atomic mass is 10.4. The minimum Gasteiger partial charge on any atom is -0.304 e. The molecule has 0 aliphatic carbocycles. The van der Waals surface area contributed by atoms with Crippen molar-refractivity contribution in [3.05, 3.63) is 35.8 Å². The predicted molar refractivity (Wildman–Crippen MR) is 44.9 cm³/mol. The number of imidazole rings is 1. The monoisotopic (exact) mass is 182 g/mol. The summed E-state index contributed by atoms with van der Waals surface area (Å²) >= 11 is 0. The van der Waals surface area contributed by atoms with E-state index in [4.69, 9.17) is 0 Å². The van der Waals surface area contributed by atoms with Crippen molar-refractivity contribution in [2.45, 2.75) is 13.3 Å². The van der Waals surface area contributed by atoms with E-state index in [0.29, 0.717) is 5.65 Å². The second kappa shape index (κ2) is 2.80. The van der Waals surface area contributed by atoms with E-state index in [0.717, 1.165) is 5.69 Å². The van der Waals surface area contributed by atoms with Crippen LogP contribution in [0.15, 0.2) is 24.4 Å². The molecule has 0 amide bonds. The van der Waals surface area contributed by atoms with Crippen molar-refractivity contribution >= 4 is 5.65 Å². The Morgan fingerprint density at radius 3 is 2.77 bits per heavy atom. The van der Waals surface area contributed by atoms with Gasteiger partial charge in [0.2, 0.25) is 0 Å². The maximum Gasteiger partial charge on any atom is 0.281 e. The van der Waals surface area contributed by atoms with Gasteiger partial charge in [0, 0.05) is 11.9 Å². The quantitative estimate of drug-likeness (QED) is 0.662. The second-order valence-electron chi connectivity index (χ2n) is 2.86. The summed E-state index contributed by atoms with van der Waals surface area (Å²) in [6.45, 7) is 1.85. The highest BCUT2D eigenvalue weighted by molar-refractivity contribution is 5.41. The summed E-state index contributed by atoms with van der Waals surface area (Å²) in [5, 5.41) is 0. The van der Waals surface area contributed by atoms with Gasteiger partial charge in [0.05, 0.1) is 0 Å². The largest absolute Gasteiger partial charge is 0.304 e. The number of aryl methyl sites for hydroxylation is 1. The number of hydrogen-bond donors (Lipinski definition) is 0. The molecule has 2 rings (SSSR count). The summed E-state index contributed by atoms with van der Waals surface area (Å²) in [5.74, 6) is 0. The molecule has 0 bridgehead atoms. The lowest BCUT2D eigenvalue weighted by molar-refractivity contribution is 0.147. The van der Waals surface area contributed by atoms with Gasteiger partial charge in [-0.1, -0.05) is 6.07 Å². The Labute approximate surface area is 73.8 Å². The molecule has 2 nitrogen and oxygen atoms in total. The summed E-state index contributed by atoms with van der Waals surface area (Å²) in [6.07, 6.45) is -1.13. The number of hydrogen-bond acceptors (Lipinski definition) is 1. The number of nitrogens with zero attached hydrogens (tertiary/aromatic N) is 2. The predicted octanol–water partition coefficient (Wildman–Crippen LogP) is 2.58. The zero-order valence-electron chi connectivity index (χ0n) is 7.04. The number of fused-ring (bicyclic) bond motifs is 1. The van der Waals surface area contributed by atoms with Crippen molar-refractivity contribution < 1.29 is 8.78 Å². The maximum absolute atomic E-state index is 12.3. The van der Waals surface area contributed by atoms with Crippen LogP contribution in [0.5, 0.6) is 0 Å². The molecule has 2 aromatic heterocycles. The Kier molecular flexibility index (Phi) is 1.76. The third-order valence-corrected chi connectivity index (χ3v) is 1.94. The summed E-state index contributed by atoms with van der Waals surface area (Å²) in [6, 6.07) is 5.36. The zero-order chi connectivity index (χ0) is 9.42. The molecule has 0 unspecified atom stereocenters. The number of aromatic nitrogens is 2. The highest BCUT2D eigenvalue weighted by atomic mass is 19.3. The average Bonchev–Trinajstić information content (AvgIpc) is 2.49. The number of halogens is 2. The fraction of sp³-hybridized carbons (Fsp3) is 0.222. The van der Waals surface area contributed by atoms with Gasteiger partial charge in [-0.3, -0.25) is 0 Å². The lowest BCUT2D eigenvalue weighted by Gasteiger charge is -1.95. The minimum absolute atomic E-state index is 0.172. The van der Waals surface area contributed by atoms with Crippen LogP contribution in [0.3, 0.4) is 0 Å². The van der Waals surface area contributed by atoms with E-state index in [1.54, 1.807) is 16.5 Å². The highest BCUT2D eigenvalue weighted by Crippen LogP contribution is 2.18. The van der Waals surface area contributed by atoms with Crippen LogP contribution < -0.4 is 0 Å². The van der Waals surface area contributed by atoms with E-state index in [2.05, 4.69) is 4.98 Å². The van der Waals surface area contributed by atoms with Crippen molar-refractivity contribution in [1.29, 1.82) is 0 Å². The molecule has 2 heterocycles. The first kappa shape index (κ1) is 8.16. The normalized spacial score (nSPS) is 11.4. The summed E-state index contributed by atoms with van der Waals surface area (Å²) < 4.78 is 26.2. The van der Waals surface area contributed by atoms with E-state index in [9.17, 15) is 8.78 Å². The maximum atomic E-state index is 12.3. The van der Waals surface area contributed by atoms with Crippen molar-refractivity contribution in [3.8, 4) is 0 Å². The third-order valence-electron chi connectivity index (χ3n) is 1.94. The first-order chi connectivity index (χ1) is 6.18. The molecule has 2 aromatic rings. The molecule has 0 saturated heterocycles. The SMILES string of the molecule is Cc1cccc2nc(C(F)F)cn12. The smallest absolute Gasteiger partial charge is 0.281 e. The van der Waals surface area contributed by atoms with Gasteiger partial charge in [0.1, 0.15) is 11.3 Å². The highest BCUT2D eigenvalue weighted by Gasteiger charge is 2.11. The molecule has 13 heavy (non-hydrogen) atoms. The number of alkyl halides is 2. The standard InChI is InChI=1S/C9H8F2N2/c1-6-3-2-4-8-12-7(9(10)11)5-13(6)8/h2-5,9H,1H3. The molecule has 0 N–H and O–H groups in total. The third kappa shape index (κ3) is 1.28. The zero-order valence-corrected chi connectivity index (χ0v) is 7.04. The van der Waals surface area contributed by atoms with Gasteiger partial charge >= 0.3 is 0 Å². The van der Waals surface area contributed by atoms with Gasteiger partial charge in [-0.15, -0.1) is 0 Å². The lowest BCUT2D eigenvalue weighted by Crippen LogP contribution is -1.86.